The van der Waals surface area contributed by atoms with Gasteiger partial charge in [0.2, 0.25) is 0 Å². The summed E-state index contributed by atoms with van der Waals surface area (Å²) in [6, 6.07) is 21.7. The number of hydrogen-bond donors (Lipinski definition) is 1. The van der Waals surface area contributed by atoms with Gasteiger partial charge in [-0.3, -0.25) is 5.10 Å². The molecule has 5 heteroatoms. The first-order chi connectivity index (χ1) is 15.7. The molecule has 0 bridgehead atoms. The summed E-state index contributed by atoms with van der Waals surface area (Å²) in [4.78, 5) is 12.1. The molecule has 1 aromatic heterocycles. The van der Waals surface area contributed by atoms with Crippen molar-refractivity contribution in [2.24, 2.45) is 5.92 Å². The summed E-state index contributed by atoms with van der Waals surface area (Å²) in [6.45, 7) is 3.54. The molecule has 1 N–H and O–H groups in total. The van der Waals surface area contributed by atoms with Crippen LogP contribution in [0.2, 0.25) is 5.02 Å². The van der Waals surface area contributed by atoms with Crippen molar-refractivity contribution in [1.82, 2.24) is 10.2 Å². The van der Waals surface area contributed by atoms with Gasteiger partial charge in [-0.15, -0.1) is 0 Å². The van der Waals surface area contributed by atoms with Gasteiger partial charge in [-0.25, -0.2) is 4.79 Å². The number of carbonyl (C=O) groups is 1. The van der Waals surface area contributed by atoms with Crippen LogP contribution in [0.5, 0.6) is 5.75 Å². The lowest BCUT2D eigenvalue weighted by Crippen LogP contribution is -2.06. The summed E-state index contributed by atoms with van der Waals surface area (Å²) < 4.78 is 5.64. The van der Waals surface area contributed by atoms with Crippen LogP contribution in [-0.4, -0.2) is 16.2 Å². The number of allylic oxidation sites excluding steroid dienone is 1. The molecule has 5 rings (SSSR count). The van der Waals surface area contributed by atoms with E-state index in [0.717, 1.165) is 46.0 Å². The highest BCUT2D eigenvalue weighted by Gasteiger charge is 2.32. The molecule has 32 heavy (non-hydrogen) atoms. The lowest BCUT2D eigenvalue weighted by atomic mass is 9.86. The molecular weight excluding hydrogens is 420 g/mol. The second kappa shape index (κ2) is 8.48. The summed E-state index contributed by atoms with van der Waals surface area (Å²) in [5, 5.41) is 8.89. The van der Waals surface area contributed by atoms with Crippen LogP contribution in [-0.2, 0) is 4.79 Å². The molecule has 0 saturated heterocycles. The SMILES string of the molecule is C=CC(=O)Oc1ccccc1/C(=C(/c1ccccc1Cl)C1CC1)c1ccc2[nH]ncc2c1. The molecule has 0 aliphatic heterocycles. The highest BCUT2D eigenvalue weighted by atomic mass is 35.5. The minimum absolute atomic E-state index is 0.383. The third-order valence-electron chi connectivity index (χ3n) is 5.68. The molecule has 0 radical (unpaired) electrons. The van der Waals surface area contributed by atoms with E-state index in [2.05, 4.69) is 35.0 Å². The van der Waals surface area contributed by atoms with Crippen LogP contribution in [0.4, 0.5) is 0 Å². The number of para-hydroxylation sites is 1. The highest BCUT2D eigenvalue weighted by Crippen LogP contribution is 2.50. The van der Waals surface area contributed by atoms with Crippen molar-refractivity contribution in [3.8, 4) is 5.75 Å². The number of esters is 1. The maximum Gasteiger partial charge on any atom is 0.335 e. The fraction of sp³-hybridized carbons (Fsp3) is 0.111. The highest BCUT2D eigenvalue weighted by molar-refractivity contribution is 6.32. The number of halogens is 1. The molecule has 1 aliphatic rings. The van der Waals surface area contributed by atoms with Crippen molar-refractivity contribution in [2.75, 3.05) is 0 Å². The minimum Gasteiger partial charge on any atom is -0.423 e. The molecule has 1 aliphatic carbocycles. The summed E-state index contributed by atoms with van der Waals surface area (Å²) in [5.41, 5.74) is 6.00. The zero-order chi connectivity index (χ0) is 22.1. The molecule has 0 atom stereocenters. The largest absolute Gasteiger partial charge is 0.423 e. The van der Waals surface area contributed by atoms with Crippen LogP contribution < -0.4 is 4.74 Å². The first-order valence-electron chi connectivity index (χ1n) is 10.5. The fourth-order valence-corrected chi connectivity index (χ4v) is 4.31. The van der Waals surface area contributed by atoms with Crippen molar-refractivity contribution in [3.63, 3.8) is 0 Å². The second-order valence-corrected chi connectivity index (χ2v) is 8.24. The summed E-state index contributed by atoms with van der Waals surface area (Å²) in [7, 11) is 0. The van der Waals surface area contributed by atoms with Gasteiger partial charge in [0.05, 0.1) is 11.7 Å². The van der Waals surface area contributed by atoms with E-state index >= 15 is 0 Å². The number of nitrogens with one attached hydrogen (secondary N) is 1. The number of ether oxygens (including phenoxy) is 1. The standard InChI is InChI=1S/C27H21ClN2O2/c1-2-25(31)32-24-10-6-4-8-21(24)27(18-13-14-23-19(15-18)16-29-30-23)26(17-11-12-17)20-7-3-5-9-22(20)28/h2-10,13-17H,1,11-12H2,(H,29,30)/b27-26+. The van der Waals surface area contributed by atoms with Crippen LogP contribution >= 0.6 is 11.6 Å². The Balaban J connectivity index is 1.83. The van der Waals surface area contributed by atoms with Crippen molar-refractivity contribution in [2.45, 2.75) is 12.8 Å². The third kappa shape index (κ3) is 3.85. The van der Waals surface area contributed by atoms with Gasteiger partial charge in [0.1, 0.15) is 5.75 Å². The Kier molecular flexibility index (Phi) is 5.38. The number of carbonyl (C=O) groups excluding carboxylic acids is 1. The topological polar surface area (TPSA) is 55.0 Å². The summed E-state index contributed by atoms with van der Waals surface area (Å²) >= 11 is 6.69. The zero-order valence-electron chi connectivity index (χ0n) is 17.3. The van der Waals surface area contributed by atoms with E-state index in [1.165, 1.54) is 11.6 Å². The molecular formula is C27H21ClN2O2. The lowest BCUT2D eigenvalue weighted by molar-refractivity contribution is -0.128. The quantitative estimate of drug-likeness (QED) is 0.157. The van der Waals surface area contributed by atoms with Crippen LogP contribution in [0.25, 0.3) is 22.0 Å². The van der Waals surface area contributed by atoms with Gasteiger partial charge >= 0.3 is 5.97 Å². The molecule has 4 aromatic rings. The molecule has 158 valence electrons. The number of aromatic nitrogens is 2. The van der Waals surface area contributed by atoms with Crippen molar-refractivity contribution in [1.29, 1.82) is 0 Å². The molecule has 4 nitrogen and oxygen atoms in total. The van der Waals surface area contributed by atoms with E-state index in [4.69, 9.17) is 16.3 Å². The molecule has 0 unspecified atom stereocenters. The maximum absolute atomic E-state index is 12.1. The number of aromatic amines is 1. The second-order valence-electron chi connectivity index (χ2n) is 7.84. The Morgan fingerprint density at radius 1 is 1.06 bits per heavy atom. The van der Waals surface area contributed by atoms with Gasteiger partial charge in [-0.2, -0.15) is 5.10 Å². The Labute approximate surface area is 191 Å². The number of rotatable bonds is 6. The Morgan fingerprint density at radius 3 is 2.56 bits per heavy atom. The smallest absolute Gasteiger partial charge is 0.335 e. The van der Waals surface area contributed by atoms with E-state index in [0.29, 0.717) is 16.7 Å². The fourth-order valence-electron chi connectivity index (χ4n) is 4.08. The molecule has 3 aromatic carbocycles. The minimum atomic E-state index is -0.493. The summed E-state index contributed by atoms with van der Waals surface area (Å²) in [5.74, 6) is 0.380. The zero-order valence-corrected chi connectivity index (χ0v) is 18.1. The van der Waals surface area contributed by atoms with Crippen LogP contribution in [0.15, 0.2) is 85.6 Å². The van der Waals surface area contributed by atoms with Crippen LogP contribution in [0, 0.1) is 5.92 Å². The van der Waals surface area contributed by atoms with Gasteiger partial charge in [0.15, 0.2) is 0 Å². The Morgan fingerprint density at radius 2 is 1.81 bits per heavy atom. The number of H-pyrrole nitrogens is 1. The van der Waals surface area contributed by atoms with Gasteiger partial charge in [0, 0.05) is 22.0 Å². The molecule has 1 saturated carbocycles. The number of fused-ring (bicyclic) bond motifs is 1. The molecule has 1 fully saturated rings. The van der Waals surface area contributed by atoms with Crippen molar-refractivity contribution >= 4 is 39.6 Å². The average molecular weight is 441 g/mol. The van der Waals surface area contributed by atoms with Gasteiger partial charge < -0.3 is 4.74 Å². The number of hydrogen-bond acceptors (Lipinski definition) is 3. The third-order valence-corrected chi connectivity index (χ3v) is 6.01. The Bertz CT molecular complexity index is 1360. The van der Waals surface area contributed by atoms with E-state index in [9.17, 15) is 4.79 Å². The normalized spacial score (nSPS) is 14.2. The molecule has 0 spiro atoms. The predicted molar refractivity (Wildman–Crippen MR) is 128 cm³/mol. The van der Waals surface area contributed by atoms with E-state index in [1.54, 1.807) is 0 Å². The van der Waals surface area contributed by atoms with Gasteiger partial charge in [-0.1, -0.05) is 60.6 Å². The molecule has 0 amide bonds. The number of nitrogens with zero attached hydrogens (tertiary/aromatic N) is 1. The Hall–Kier alpha value is -3.63. The van der Waals surface area contributed by atoms with Gasteiger partial charge in [0.25, 0.3) is 0 Å². The lowest BCUT2D eigenvalue weighted by Gasteiger charge is -2.20. The molecule has 1 heterocycles. The summed E-state index contributed by atoms with van der Waals surface area (Å²) in [6.07, 6.45) is 5.17. The monoisotopic (exact) mass is 440 g/mol. The first kappa shape index (κ1) is 20.3. The van der Waals surface area contributed by atoms with E-state index in [-0.39, 0.29) is 0 Å². The van der Waals surface area contributed by atoms with E-state index < -0.39 is 5.97 Å². The van der Waals surface area contributed by atoms with Crippen LogP contribution in [0.1, 0.15) is 29.5 Å². The maximum atomic E-state index is 12.1. The first-order valence-corrected chi connectivity index (χ1v) is 10.9. The van der Waals surface area contributed by atoms with Crippen molar-refractivity contribution in [3.05, 3.63) is 107 Å². The van der Waals surface area contributed by atoms with Crippen molar-refractivity contribution < 1.29 is 9.53 Å². The predicted octanol–water partition coefficient (Wildman–Crippen LogP) is 6.68. The number of benzene rings is 3. The van der Waals surface area contributed by atoms with Crippen LogP contribution in [0.3, 0.4) is 0 Å². The van der Waals surface area contributed by atoms with E-state index in [1.807, 2.05) is 54.7 Å². The average Bonchev–Trinajstić information content (AvgIpc) is 3.54. The van der Waals surface area contributed by atoms with Gasteiger partial charge in [-0.05, 0) is 65.3 Å².